The van der Waals surface area contributed by atoms with Crippen LogP contribution in [-0.4, -0.2) is 6.54 Å². The van der Waals surface area contributed by atoms with Crippen molar-refractivity contribution in [2.75, 3.05) is 6.54 Å². The van der Waals surface area contributed by atoms with E-state index in [2.05, 4.69) is 30.6 Å². The monoisotopic (exact) mass is 297 g/mol. The van der Waals surface area contributed by atoms with Crippen LogP contribution in [0.1, 0.15) is 35.4 Å². The molecular formula is C15H17ClFNS. The predicted octanol–water partition coefficient (Wildman–Crippen LogP) is 4.94. The number of hydrogen-bond acceptors (Lipinski definition) is 2. The molecule has 0 aliphatic carbocycles. The molecule has 102 valence electrons. The van der Waals surface area contributed by atoms with Gasteiger partial charge in [0.15, 0.2) is 0 Å². The summed E-state index contributed by atoms with van der Waals surface area (Å²) in [5.41, 5.74) is 2.12. The Kier molecular flexibility index (Phi) is 4.97. The maximum absolute atomic E-state index is 13.6. The molecule has 0 saturated carbocycles. The van der Waals surface area contributed by atoms with E-state index in [1.165, 1.54) is 16.5 Å². The summed E-state index contributed by atoms with van der Waals surface area (Å²) in [7, 11) is 0. The Bertz CT molecular complexity index is 553. The Balaban J connectivity index is 2.37. The SMILES string of the molecule is CCCNC(c1ccc(Cl)c(F)c1)c1ccsc1C. The minimum absolute atomic E-state index is 0.0259. The number of rotatable bonds is 5. The molecule has 4 heteroatoms. The number of halogens is 2. The minimum atomic E-state index is -0.365. The molecule has 1 unspecified atom stereocenters. The van der Waals surface area contributed by atoms with Crippen molar-refractivity contribution in [2.24, 2.45) is 0 Å². The standard InChI is InChI=1S/C15H17ClFNS/c1-3-7-18-15(12-6-8-19-10(12)2)11-4-5-13(16)14(17)9-11/h4-6,8-9,15,18H,3,7H2,1-2H3. The molecular weight excluding hydrogens is 281 g/mol. The highest BCUT2D eigenvalue weighted by Gasteiger charge is 2.17. The van der Waals surface area contributed by atoms with Gasteiger partial charge in [0.2, 0.25) is 0 Å². The molecule has 1 aromatic carbocycles. The van der Waals surface area contributed by atoms with Crippen LogP contribution in [0.2, 0.25) is 5.02 Å². The first kappa shape index (κ1) is 14.5. The van der Waals surface area contributed by atoms with Gasteiger partial charge < -0.3 is 5.32 Å². The van der Waals surface area contributed by atoms with Crippen molar-refractivity contribution >= 4 is 22.9 Å². The Morgan fingerprint density at radius 2 is 2.16 bits per heavy atom. The van der Waals surface area contributed by atoms with E-state index in [0.717, 1.165) is 18.5 Å². The Labute approximate surface area is 122 Å². The second kappa shape index (κ2) is 6.51. The molecule has 0 spiro atoms. The van der Waals surface area contributed by atoms with Crippen LogP contribution in [-0.2, 0) is 0 Å². The van der Waals surface area contributed by atoms with Crippen LogP contribution in [0.5, 0.6) is 0 Å². The first-order valence-electron chi connectivity index (χ1n) is 6.35. The van der Waals surface area contributed by atoms with Crippen LogP contribution in [0.15, 0.2) is 29.6 Å². The molecule has 0 radical (unpaired) electrons. The molecule has 0 bridgehead atoms. The molecule has 2 rings (SSSR count). The summed E-state index contributed by atoms with van der Waals surface area (Å²) in [6.07, 6.45) is 1.04. The Hall–Kier alpha value is -0.900. The van der Waals surface area contributed by atoms with Crippen molar-refractivity contribution in [3.63, 3.8) is 0 Å². The largest absolute Gasteiger partial charge is 0.306 e. The van der Waals surface area contributed by atoms with Crippen LogP contribution in [0, 0.1) is 12.7 Å². The first-order valence-corrected chi connectivity index (χ1v) is 7.61. The third-order valence-corrected chi connectivity index (χ3v) is 4.25. The molecule has 1 N–H and O–H groups in total. The minimum Gasteiger partial charge on any atom is -0.306 e. The summed E-state index contributed by atoms with van der Waals surface area (Å²) in [6.45, 7) is 5.10. The van der Waals surface area contributed by atoms with Crippen LogP contribution < -0.4 is 5.32 Å². The van der Waals surface area contributed by atoms with E-state index in [9.17, 15) is 4.39 Å². The molecule has 1 heterocycles. The fourth-order valence-corrected chi connectivity index (χ4v) is 2.94. The van der Waals surface area contributed by atoms with Gasteiger partial charge in [0.1, 0.15) is 5.82 Å². The third-order valence-electron chi connectivity index (χ3n) is 3.09. The Morgan fingerprint density at radius 3 is 2.74 bits per heavy atom. The molecule has 2 aromatic rings. The third kappa shape index (κ3) is 3.35. The van der Waals surface area contributed by atoms with E-state index in [4.69, 9.17) is 11.6 Å². The normalized spacial score (nSPS) is 12.6. The fraction of sp³-hybridized carbons (Fsp3) is 0.333. The predicted molar refractivity (Wildman–Crippen MR) is 80.6 cm³/mol. The number of thiophene rings is 1. The van der Waals surface area contributed by atoms with E-state index in [1.54, 1.807) is 17.4 Å². The maximum atomic E-state index is 13.6. The maximum Gasteiger partial charge on any atom is 0.142 e. The summed E-state index contributed by atoms with van der Waals surface area (Å²) in [5, 5.41) is 5.71. The number of nitrogens with one attached hydrogen (secondary N) is 1. The molecule has 0 aliphatic rings. The van der Waals surface area contributed by atoms with E-state index in [0.29, 0.717) is 0 Å². The topological polar surface area (TPSA) is 12.0 Å². The van der Waals surface area contributed by atoms with Gasteiger partial charge in [0.25, 0.3) is 0 Å². The number of benzene rings is 1. The zero-order valence-electron chi connectivity index (χ0n) is 11.0. The van der Waals surface area contributed by atoms with Crippen LogP contribution >= 0.6 is 22.9 Å². The summed E-state index contributed by atoms with van der Waals surface area (Å²) >= 11 is 7.46. The molecule has 0 fully saturated rings. The lowest BCUT2D eigenvalue weighted by Gasteiger charge is -2.19. The van der Waals surface area contributed by atoms with Crippen molar-refractivity contribution in [1.29, 1.82) is 0 Å². The van der Waals surface area contributed by atoms with Crippen molar-refractivity contribution in [3.8, 4) is 0 Å². The average molecular weight is 298 g/mol. The van der Waals surface area contributed by atoms with E-state index in [1.807, 2.05) is 6.07 Å². The van der Waals surface area contributed by atoms with Crippen molar-refractivity contribution in [3.05, 3.63) is 56.5 Å². The lowest BCUT2D eigenvalue weighted by molar-refractivity contribution is 0.585. The highest BCUT2D eigenvalue weighted by Crippen LogP contribution is 2.29. The van der Waals surface area contributed by atoms with Gasteiger partial charge in [-0.25, -0.2) is 4.39 Å². The smallest absolute Gasteiger partial charge is 0.142 e. The number of hydrogen-bond donors (Lipinski definition) is 1. The summed E-state index contributed by atoms with van der Waals surface area (Å²) in [6, 6.07) is 7.15. The molecule has 1 atom stereocenters. The van der Waals surface area contributed by atoms with E-state index >= 15 is 0 Å². The molecule has 1 aromatic heterocycles. The first-order chi connectivity index (χ1) is 9.13. The van der Waals surface area contributed by atoms with E-state index < -0.39 is 0 Å². The van der Waals surface area contributed by atoms with Gasteiger partial charge in [-0.05, 0) is 54.6 Å². The van der Waals surface area contributed by atoms with Gasteiger partial charge in [0.05, 0.1) is 11.1 Å². The highest BCUT2D eigenvalue weighted by molar-refractivity contribution is 7.10. The average Bonchev–Trinajstić information content (AvgIpc) is 2.80. The summed E-state index contributed by atoms with van der Waals surface area (Å²) in [4.78, 5) is 1.25. The lowest BCUT2D eigenvalue weighted by atomic mass is 9.99. The zero-order chi connectivity index (χ0) is 13.8. The van der Waals surface area contributed by atoms with Crippen LogP contribution in [0.25, 0.3) is 0 Å². The van der Waals surface area contributed by atoms with Gasteiger partial charge in [-0.2, -0.15) is 0 Å². The quantitative estimate of drug-likeness (QED) is 0.824. The van der Waals surface area contributed by atoms with Gasteiger partial charge >= 0.3 is 0 Å². The van der Waals surface area contributed by atoms with Gasteiger partial charge in [0, 0.05) is 4.88 Å². The molecule has 1 nitrogen and oxygen atoms in total. The molecule has 0 amide bonds. The lowest BCUT2D eigenvalue weighted by Crippen LogP contribution is -2.23. The zero-order valence-corrected chi connectivity index (χ0v) is 12.6. The molecule has 0 saturated heterocycles. The second-order valence-corrected chi connectivity index (χ2v) is 6.02. The molecule has 19 heavy (non-hydrogen) atoms. The van der Waals surface area contributed by atoms with Crippen molar-refractivity contribution in [2.45, 2.75) is 26.3 Å². The van der Waals surface area contributed by atoms with Gasteiger partial charge in [-0.1, -0.05) is 24.6 Å². The number of aryl methyl sites for hydroxylation is 1. The van der Waals surface area contributed by atoms with Crippen molar-refractivity contribution < 1.29 is 4.39 Å². The fourth-order valence-electron chi connectivity index (χ4n) is 2.08. The molecule has 0 aliphatic heterocycles. The summed E-state index contributed by atoms with van der Waals surface area (Å²) in [5.74, 6) is -0.365. The van der Waals surface area contributed by atoms with Crippen LogP contribution in [0.4, 0.5) is 4.39 Å². The second-order valence-electron chi connectivity index (χ2n) is 4.49. The van der Waals surface area contributed by atoms with Gasteiger partial charge in [-0.3, -0.25) is 0 Å². The van der Waals surface area contributed by atoms with Crippen molar-refractivity contribution in [1.82, 2.24) is 5.32 Å². The Morgan fingerprint density at radius 1 is 1.37 bits per heavy atom. The highest BCUT2D eigenvalue weighted by atomic mass is 35.5. The van der Waals surface area contributed by atoms with E-state index in [-0.39, 0.29) is 16.9 Å². The summed E-state index contributed by atoms with van der Waals surface area (Å²) < 4.78 is 13.6. The van der Waals surface area contributed by atoms with Gasteiger partial charge in [-0.15, -0.1) is 11.3 Å². The van der Waals surface area contributed by atoms with Crippen LogP contribution in [0.3, 0.4) is 0 Å².